The Kier molecular flexibility index (Phi) is 3.91. The van der Waals surface area contributed by atoms with E-state index in [0.717, 1.165) is 6.07 Å². The molecule has 1 atom stereocenters. The molecule has 0 fully saturated rings. The molecule has 0 spiro atoms. The number of hydrogen-bond acceptors (Lipinski definition) is 1. The van der Waals surface area contributed by atoms with Crippen molar-refractivity contribution in [2.75, 3.05) is 0 Å². The zero-order chi connectivity index (χ0) is 14.2. The molecule has 0 aliphatic rings. The summed E-state index contributed by atoms with van der Waals surface area (Å²) < 4.78 is 53.1. The fourth-order valence-corrected chi connectivity index (χ4v) is 1.91. The molecule has 0 aromatic heterocycles. The van der Waals surface area contributed by atoms with Crippen LogP contribution in [0, 0.1) is 23.3 Å². The van der Waals surface area contributed by atoms with Crippen molar-refractivity contribution in [3.8, 4) is 0 Å². The van der Waals surface area contributed by atoms with Gasteiger partial charge in [-0.15, -0.1) is 0 Å². The summed E-state index contributed by atoms with van der Waals surface area (Å²) in [6.07, 6.45) is 0. The van der Waals surface area contributed by atoms with Crippen LogP contribution in [0.25, 0.3) is 0 Å². The van der Waals surface area contributed by atoms with E-state index in [1.165, 1.54) is 12.1 Å². The van der Waals surface area contributed by atoms with Gasteiger partial charge < -0.3 is 5.73 Å². The summed E-state index contributed by atoms with van der Waals surface area (Å²) in [6, 6.07) is 3.99. The SMILES string of the molecule is NC(c1ccc(Br)c(F)c1)c1cc(F)c(F)cc1F. The molecule has 0 amide bonds. The molecule has 2 N–H and O–H groups in total. The van der Waals surface area contributed by atoms with E-state index in [1.54, 1.807) is 0 Å². The number of hydrogen-bond donors (Lipinski definition) is 1. The first-order chi connectivity index (χ1) is 8.90. The minimum atomic E-state index is -1.30. The molecule has 2 aromatic carbocycles. The molecular weight excluding hydrogens is 326 g/mol. The number of benzene rings is 2. The molecule has 0 saturated heterocycles. The molecule has 0 aliphatic carbocycles. The Morgan fingerprint density at radius 3 is 2.11 bits per heavy atom. The standard InChI is InChI=1S/C13H8BrF4N/c14-8-2-1-6(3-10(8)16)13(19)7-4-11(17)12(18)5-9(7)15/h1-5,13H,19H2. The quantitative estimate of drug-likeness (QED) is 0.651. The summed E-state index contributed by atoms with van der Waals surface area (Å²) >= 11 is 2.97. The summed E-state index contributed by atoms with van der Waals surface area (Å²) in [5.74, 6) is -4.05. The van der Waals surface area contributed by atoms with Crippen LogP contribution < -0.4 is 5.73 Å². The van der Waals surface area contributed by atoms with Crippen molar-refractivity contribution >= 4 is 15.9 Å². The molecule has 2 aromatic rings. The van der Waals surface area contributed by atoms with E-state index in [-0.39, 0.29) is 15.6 Å². The van der Waals surface area contributed by atoms with Crippen LogP contribution in [0.15, 0.2) is 34.8 Å². The Morgan fingerprint density at radius 2 is 1.47 bits per heavy atom. The number of rotatable bonds is 2. The van der Waals surface area contributed by atoms with Gasteiger partial charge in [0.25, 0.3) is 0 Å². The van der Waals surface area contributed by atoms with Crippen molar-refractivity contribution in [3.05, 3.63) is 69.2 Å². The molecule has 0 aliphatic heterocycles. The van der Waals surface area contributed by atoms with Crippen molar-refractivity contribution in [1.82, 2.24) is 0 Å². The topological polar surface area (TPSA) is 26.0 Å². The second-order valence-electron chi connectivity index (χ2n) is 3.94. The van der Waals surface area contributed by atoms with Gasteiger partial charge in [0.2, 0.25) is 0 Å². The van der Waals surface area contributed by atoms with Crippen LogP contribution in [0.1, 0.15) is 17.2 Å². The van der Waals surface area contributed by atoms with Gasteiger partial charge in [-0.25, -0.2) is 17.6 Å². The summed E-state index contributed by atoms with van der Waals surface area (Å²) in [7, 11) is 0. The van der Waals surface area contributed by atoms with Gasteiger partial charge in [0.1, 0.15) is 11.6 Å². The molecule has 0 heterocycles. The smallest absolute Gasteiger partial charge is 0.161 e. The zero-order valence-electron chi connectivity index (χ0n) is 9.43. The largest absolute Gasteiger partial charge is 0.320 e. The van der Waals surface area contributed by atoms with Gasteiger partial charge in [0, 0.05) is 11.6 Å². The molecule has 19 heavy (non-hydrogen) atoms. The first-order valence-electron chi connectivity index (χ1n) is 5.25. The van der Waals surface area contributed by atoms with E-state index in [1.807, 2.05) is 0 Å². The number of halogens is 5. The van der Waals surface area contributed by atoms with E-state index in [0.29, 0.717) is 12.1 Å². The predicted molar refractivity (Wildman–Crippen MR) is 66.4 cm³/mol. The fourth-order valence-electron chi connectivity index (χ4n) is 1.66. The lowest BCUT2D eigenvalue weighted by Gasteiger charge is -2.14. The van der Waals surface area contributed by atoms with Crippen molar-refractivity contribution in [1.29, 1.82) is 0 Å². The van der Waals surface area contributed by atoms with Crippen LogP contribution in [0.2, 0.25) is 0 Å². The maximum atomic E-state index is 13.6. The third-order valence-electron chi connectivity index (χ3n) is 2.68. The van der Waals surface area contributed by atoms with Gasteiger partial charge in [-0.1, -0.05) is 6.07 Å². The highest BCUT2D eigenvalue weighted by Crippen LogP contribution is 2.26. The Bertz CT molecular complexity index is 630. The van der Waals surface area contributed by atoms with Crippen molar-refractivity contribution in [3.63, 3.8) is 0 Å². The molecule has 100 valence electrons. The van der Waals surface area contributed by atoms with Crippen molar-refractivity contribution < 1.29 is 17.6 Å². The average molecular weight is 334 g/mol. The van der Waals surface area contributed by atoms with Gasteiger partial charge in [0.05, 0.1) is 10.5 Å². The number of nitrogens with two attached hydrogens (primary N) is 1. The Balaban J connectivity index is 2.46. The molecule has 1 nitrogen and oxygen atoms in total. The van der Waals surface area contributed by atoms with Crippen LogP contribution in [-0.2, 0) is 0 Å². The van der Waals surface area contributed by atoms with Gasteiger partial charge in [0.15, 0.2) is 11.6 Å². The molecule has 2 rings (SSSR count). The van der Waals surface area contributed by atoms with Crippen LogP contribution in [0.4, 0.5) is 17.6 Å². The Morgan fingerprint density at radius 1 is 0.842 bits per heavy atom. The minimum absolute atomic E-state index is 0.231. The van der Waals surface area contributed by atoms with Gasteiger partial charge >= 0.3 is 0 Å². The van der Waals surface area contributed by atoms with Crippen molar-refractivity contribution in [2.45, 2.75) is 6.04 Å². The monoisotopic (exact) mass is 333 g/mol. The summed E-state index contributed by atoms with van der Waals surface area (Å²) in [5.41, 5.74) is 5.76. The fraction of sp³-hybridized carbons (Fsp3) is 0.0769. The average Bonchev–Trinajstić information content (AvgIpc) is 2.36. The first-order valence-corrected chi connectivity index (χ1v) is 6.04. The molecule has 0 bridgehead atoms. The lowest BCUT2D eigenvalue weighted by Crippen LogP contribution is -2.14. The first kappa shape index (κ1) is 14.0. The predicted octanol–water partition coefficient (Wildman–Crippen LogP) is 4.05. The Hall–Kier alpha value is -1.40. The second-order valence-corrected chi connectivity index (χ2v) is 4.79. The lowest BCUT2D eigenvalue weighted by molar-refractivity contribution is 0.487. The maximum absolute atomic E-state index is 13.6. The highest BCUT2D eigenvalue weighted by molar-refractivity contribution is 9.10. The van der Waals surface area contributed by atoms with E-state index >= 15 is 0 Å². The van der Waals surface area contributed by atoms with Crippen LogP contribution in [0.3, 0.4) is 0 Å². The van der Waals surface area contributed by atoms with Crippen LogP contribution in [0.5, 0.6) is 0 Å². The van der Waals surface area contributed by atoms with E-state index in [2.05, 4.69) is 15.9 Å². The van der Waals surface area contributed by atoms with E-state index in [9.17, 15) is 17.6 Å². The molecule has 0 radical (unpaired) electrons. The summed E-state index contributed by atoms with van der Waals surface area (Å²) in [5, 5.41) is 0. The molecule has 1 unspecified atom stereocenters. The highest BCUT2D eigenvalue weighted by Gasteiger charge is 2.18. The minimum Gasteiger partial charge on any atom is -0.320 e. The Labute approximate surface area is 115 Å². The van der Waals surface area contributed by atoms with Crippen LogP contribution in [-0.4, -0.2) is 0 Å². The normalized spacial score (nSPS) is 12.5. The third kappa shape index (κ3) is 2.79. The lowest BCUT2D eigenvalue weighted by atomic mass is 9.99. The van der Waals surface area contributed by atoms with Gasteiger partial charge in [-0.3, -0.25) is 0 Å². The zero-order valence-corrected chi connectivity index (χ0v) is 11.0. The van der Waals surface area contributed by atoms with Gasteiger partial charge in [-0.05, 0) is 39.7 Å². The van der Waals surface area contributed by atoms with E-state index < -0.39 is 29.3 Å². The van der Waals surface area contributed by atoms with Gasteiger partial charge in [-0.2, -0.15) is 0 Å². The summed E-state index contributed by atoms with van der Waals surface area (Å²) in [6.45, 7) is 0. The maximum Gasteiger partial charge on any atom is 0.161 e. The van der Waals surface area contributed by atoms with Crippen molar-refractivity contribution in [2.24, 2.45) is 5.73 Å². The van der Waals surface area contributed by atoms with Crippen LogP contribution >= 0.6 is 15.9 Å². The summed E-state index contributed by atoms with van der Waals surface area (Å²) in [4.78, 5) is 0. The van der Waals surface area contributed by atoms with E-state index in [4.69, 9.17) is 5.73 Å². The second kappa shape index (κ2) is 5.30. The molecular formula is C13H8BrF4N. The molecule has 6 heteroatoms. The highest BCUT2D eigenvalue weighted by atomic mass is 79.9. The third-order valence-corrected chi connectivity index (χ3v) is 3.32. The molecule has 0 saturated carbocycles.